The summed E-state index contributed by atoms with van der Waals surface area (Å²) in [6, 6.07) is 15.0. The lowest BCUT2D eigenvalue weighted by molar-refractivity contribution is 0.289. The Morgan fingerprint density at radius 2 is 1.81 bits per heavy atom. The Bertz CT molecular complexity index is 906. The molecule has 0 spiro atoms. The second-order valence-corrected chi connectivity index (χ2v) is 7.38. The number of fused-ring (bicyclic) bond motifs is 1. The molecule has 1 aliphatic carbocycles. The first kappa shape index (κ1) is 17.6. The number of hydrogen-bond donors (Lipinski definition) is 0. The van der Waals surface area contributed by atoms with Crippen LogP contribution in [0.2, 0.25) is 0 Å². The molecule has 1 aromatic heterocycles. The molecule has 0 bridgehead atoms. The Balaban J connectivity index is 1.78. The van der Waals surface area contributed by atoms with Crippen LogP contribution < -0.4 is 9.47 Å². The summed E-state index contributed by atoms with van der Waals surface area (Å²) in [5.41, 5.74) is 4.07. The third-order valence-electron chi connectivity index (χ3n) is 5.99. The van der Waals surface area contributed by atoms with E-state index in [1.807, 2.05) is 4.68 Å². The van der Waals surface area contributed by atoms with Crippen molar-refractivity contribution in [3.63, 3.8) is 0 Å². The van der Waals surface area contributed by atoms with Crippen LogP contribution in [0, 0.1) is 0 Å². The average molecular weight is 363 g/mol. The van der Waals surface area contributed by atoms with Gasteiger partial charge in [-0.3, -0.25) is 4.68 Å². The first-order chi connectivity index (χ1) is 13.1. The number of methoxy groups -OCH3 is 2. The van der Waals surface area contributed by atoms with Crippen LogP contribution in [0.3, 0.4) is 0 Å². The van der Waals surface area contributed by atoms with Gasteiger partial charge >= 0.3 is 0 Å². The van der Waals surface area contributed by atoms with Gasteiger partial charge in [-0.05, 0) is 53.8 Å². The largest absolute Gasteiger partial charge is 0.497 e. The summed E-state index contributed by atoms with van der Waals surface area (Å²) < 4.78 is 12.7. The van der Waals surface area contributed by atoms with Crippen LogP contribution in [0.15, 0.2) is 55.1 Å². The molecule has 27 heavy (non-hydrogen) atoms. The van der Waals surface area contributed by atoms with E-state index in [9.17, 15) is 0 Å². The van der Waals surface area contributed by atoms with Crippen LogP contribution >= 0.6 is 0 Å². The fourth-order valence-electron chi connectivity index (χ4n) is 4.31. The molecule has 0 saturated heterocycles. The Labute approximate surface area is 160 Å². The van der Waals surface area contributed by atoms with Gasteiger partial charge in [-0.1, -0.05) is 25.1 Å². The lowest BCUT2D eigenvalue weighted by Crippen LogP contribution is -2.37. The summed E-state index contributed by atoms with van der Waals surface area (Å²) >= 11 is 0. The maximum absolute atomic E-state index is 5.44. The Kier molecular flexibility index (Phi) is 4.60. The van der Waals surface area contributed by atoms with E-state index in [0.29, 0.717) is 5.92 Å². The SMILES string of the molecule is COc1ccc([C@@]2(C)CCc3cc(OC)ccc3[C@@H]2Cn2cncn2)cc1. The van der Waals surface area contributed by atoms with Crippen LogP contribution in [0.25, 0.3) is 0 Å². The third kappa shape index (κ3) is 3.18. The van der Waals surface area contributed by atoms with Crippen LogP contribution in [0.1, 0.15) is 36.0 Å². The van der Waals surface area contributed by atoms with Gasteiger partial charge in [0.25, 0.3) is 0 Å². The van der Waals surface area contributed by atoms with Gasteiger partial charge in [0.05, 0.1) is 20.8 Å². The van der Waals surface area contributed by atoms with Gasteiger partial charge in [-0.25, -0.2) is 4.98 Å². The van der Waals surface area contributed by atoms with Gasteiger partial charge in [0.15, 0.2) is 0 Å². The monoisotopic (exact) mass is 363 g/mol. The van der Waals surface area contributed by atoms with E-state index in [0.717, 1.165) is 30.9 Å². The lowest BCUT2D eigenvalue weighted by Gasteiger charge is -2.43. The second-order valence-electron chi connectivity index (χ2n) is 7.38. The van der Waals surface area contributed by atoms with Crippen molar-refractivity contribution in [2.75, 3.05) is 14.2 Å². The fraction of sp³-hybridized carbons (Fsp3) is 0.364. The van der Waals surface area contributed by atoms with Crippen molar-refractivity contribution in [2.45, 2.75) is 37.6 Å². The van der Waals surface area contributed by atoms with Crippen LogP contribution in [-0.2, 0) is 18.4 Å². The van der Waals surface area contributed by atoms with Crippen molar-refractivity contribution in [1.29, 1.82) is 0 Å². The molecule has 0 fully saturated rings. The predicted octanol–water partition coefficient (Wildman–Crippen LogP) is 3.98. The Hall–Kier alpha value is -2.82. The molecule has 1 aliphatic rings. The molecule has 5 heteroatoms. The van der Waals surface area contributed by atoms with Crippen molar-refractivity contribution < 1.29 is 9.47 Å². The van der Waals surface area contributed by atoms with Gasteiger partial charge in [-0.15, -0.1) is 0 Å². The highest BCUT2D eigenvalue weighted by Crippen LogP contribution is 2.49. The van der Waals surface area contributed by atoms with Crippen molar-refractivity contribution in [2.24, 2.45) is 0 Å². The van der Waals surface area contributed by atoms with Gasteiger partial charge in [0, 0.05) is 11.3 Å². The maximum atomic E-state index is 5.44. The molecule has 0 aliphatic heterocycles. The predicted molar refractivity (Wildman–Crippen MR) is 104 cm³/mol. The number of benzene rings is 2. The zero-order valence-corrected chi connectivity index (χ0v) is 16.1. The maximum Gasteiger partial charge on any atom is 0.137 e. The summed E-state index contributed by atoms with van der Waals surface area (Å²) in [7, 11) is 3.42. The minimum absolute atomic E-state index is 0.000189. The number of aryl methyl sites for hydroxylation is 1. The van der Waals surface area contributed by atoms with Crippen molar-refractivity contribution in [1.82, 2.24) is 14.8 Å². The second kappa shape index (κ2) is 7.06. The first-order valence-corrected chi connectivity index (χ1v) is 9.28. The molecule has 140 valence electrons. The van der Waals surface area contributed by atoms with Crippen molar-refractivity contribution in [3.05, 3.63) is 71.8 Å². The summed E-state index contributed by atoms with van der Waals surface area (Å²) in [5, 5.41) is 4.36. The number of ether oxygens (including phenoxy) is 2. The molecule has 0 unspecified atom stereocenters. The van der Waals surface area contributed by atoms with E-state index in [-0.39, 0.29) is 5.41 Å². The van der Waals surface area contributed by atoms with Gasteiger partial charge < -0.3 is 9.47 Å². The zero-order chi connectivity index (χ0) is 18.9. The number of rotatable bonds is 5. The molecular weight excluding hydrogens is 338 g/mol. The van der Waals surface area contributed by atoms with E-state index in [1.54, 1.807) is 26.9 Å². The molecule has 0 saturated carbocycles. The first-order valence-electron chi connectivity index (χ1n) is 9.28. The zero-order valence-electron chi connectivity index (χ0n) is 16.1. The quantitative estimate of drug-likeness (QED) is 0.688. The summed E-state index contributed by atoms with van der Waals surface area (Å²) in [5.74, 6) is 2.10. The fourth-order valence-corrected chi connectivity index (χ4v) is 4.31. The molecule has 4 rings (SSSR count). The molecule has 5 nitrogen and oxygen atoms in total. The molecule has 2 aromatic carbocycles. The summed E-state index contributed by atoms with van der Waals surface area (Å²) in [6.45, 7) is 3.16. The third-order valence-corrected chi connectivity index (χ3v) is 5.99. The van der Waals surface area contributed by atoms with E-state index in [2.05, 4.69) is 59.5 Å². The van der Waals surface area contributed by atoms with Gasteiger partial charge in [-0.2, -0.15) is 5.10 Å². The topological polar surface area (TPSA) is 49.2 Å². The average Bonchev–Trinajstić information content (AvgIpc) is 3.23. The lowest BCUT2D eigenvalue weighted by atomic mass is 9.61. The molecular formula is C22H25N3O2. The van der Waals surface area contributed by atoms with Crippen molar-refractivity contribution in [3.8, 4) is 11.5 Å². The van der Waals surface area contributed by atoms with E-state index < -0.39 is 0 Å². The molecule has 2 atom stereocenters. The highest BCUT2D eigenvalue weighted by molar-refractivity contribution is 5.45. The summed E-state index contributed by atoms with van der Waals surface area (Å²) in [4.78, 5) is 4.13. The molecule has 3 aromatic rings. The van der Waals surface area contributed by atoms with Gasteiger partial charge in [0.1, 0.15) is 24.2 Å². The number of nitrogens with zero attached hydrogens (tertiary/aromatic N) is 3. The van der Waals surface area contributed by atoms with E-state index >= 15 is 0 Å². The minimum atomic E-state index is -0.000189. The molecule has 0 amide bonds. The van der Waals surface area contributed by atoms with Crippen LogP contribution in [-0.4, -0.2) is 29.0 Å². The Morgan fingerprint density at radius 3 is 2.48 bits per heavy atom. The van der Waals surface area contributed by atoms with Crippen molar-refractivity contribution >= 4 is 0 Å². The van der Waals surface area contributed by atoms with Crippen LogP contribution in [0.4, 0.5) is 0 Å². The number of hydrogen-bond acceptors (Lipinski definition) is 4. The summed E-state index contributed by atoms with van der Waals surface area (Å²) in [6.07, 6.45) is 5.50. The Morgan fingerprint density at radius 1 is 1.07 bits per heavy atom. The van der Waals surface area contributed by atoms with Crippen LogP contribution in [0.5, 0.6) is 11.5 Å². The molecule has 0 N–H and O–H groups in total. The minimum Gasteiger partial charge on any atom is -0.497 e. The van der Waals surface area contributed by atoms with E-state index in [1.165, 1.54) is 16.7 Å². The van der Waals surface area contributed by atoms with E-state index in [4.69, 9.17) is 9.47 Å². The smallest absolute Gasteiger partial charge is 0.137 e. The molecule has 1 heterocycles. The number of aromatic nitrogens is 3. The highest BCUT2D eigenvalue weighted by atomic mass is 16.5. The highest BCUT2D eigenvalue weighted by Gasteiger charge is 2.41. The van der Waals surface area contributed by atoms with Gasteiger partial charge in [0.2, 0.25) is 0 Å². The normalized spacial score (nSPS) is 21.5. The standard InChI is InChI=1S/C22H25N3O2/c1-22(17-4-6-18(26-2)7-5-17)11-10-16-12-19(27-3)8-9-20(16)21(22)13-25-15-23-14-24-25/h4-9,12,14-15,21H,10-11,13H2,1-3H3/t21-,22+/m0/s1. The molecule has 0 radical (unpaired) electrons.